The SMILES string of the molecule is C[O+]=C1C=CC(=CC(C)CN=O)C=C1. The molecule has 1 aliphatic rings. The summed E-state index contributed by atoms with van der Waals surface area (Å²) in [4.78, 5) is 10.0. The number of hydrogen-bond acceptors (Lipinski definition) is 2. The molecule has 0 spiro atoms. The van der Waals surface area contributed by atoms with Gasteiger partial charge < -0.3 is 0 Å². The molecule has 0 bridgehead atoms. The molecule has 1 aliphatic carbocycles. The Hall–Kier alpha value is -1.51. The van der Waals surface area contributed by atoms with Gasteiger partial charge in [0.1, 0.15) is 0 Å². The summed E-state index contributed by atoms with van der Waals surface area (Å²) in [5, 5.41) is 2.86. The van der Waals surface area contributed by atoms with Crippen LogP contribution in [0, 0.1) is 10.8 Å². The lowest BCUT2D eigenvalue weighted by Crippen LogP contribution is -1.99. The summed E-state index contributed by atoms with van der Waals surface area (Å²) >= 11 is 0. The Morgan fingerprint density at radius 3 is 2.57 bits per heavy atom. The summed E-state index contributed by atoms with van der Waals surface area (Å²) in [6, 6.07) is 0. The number of ketones is 1. The molecule has 0 fully saturated rings. The van der Waals surface area contributed by atoms with Crippen molar-refractivity contribution >= 4 is 5.78 Å². The van der Waals surface area contributed by atoms with Crippen molar-refractivity contribution < 1.29 is 4.42 Å². The van der Waals surface area contributed by atoms with Crippen LogP contribution in [0.3, 0.4) is 0 Å². The molecule has 0 saturated carbocycles. The molecular formula is C11H14NO2+. The smallest absolute Gasteiger partial charge is 0.258 e. The Bertz CT molecular complexity index is 306. The van der Waals surface area contributed by atoms with Crippen LogP contribution in [0.25, 0.3) is 0 Å². The van der Waals surface area contributed by atoms with Crippen LogP contribution in [-0.4, -0.2) is 19.4 Å². The van der Waals surface area contributed by atoms with E-state index in [1.807, 2.05) is 37.3 Å². The Labute approximate surface area is 83.5 Å². The van der Waals surface area contributed by atoms with Gasteiger partial charge in [0.25, 0.3) is 7.11 Å². The lowest BCUT2D eigenvalue weighted by molar-refractivity contribution is -0.417. The normalized spacial score (nSPS) is 16.7. The van der Waals surface area contributed by atoms with Gasteiger partial charge in [0.2, 0.25) is 0 Å². The first kappa shape index (κ1) is 10.6. The molecule has 74 valence electrons. The monoisotopic (exact) mass is 192 g/mol. The van der Waals surface area contributed by atoms with Gasteiger partial charge in [-0.05, 0) is 23.6 Å². The van der Waals surface area contributed by atoms with Crippen LogP contribution >= 0.6 is 0 Å². The minimum absolute atomic E-state index is 0.181. The van der Waals surface area contributed by atoms with Gasteiger partial charge in [-0.15, -0.1) is 0 Å². The zero-order chi connectivity index (χ0) is 10.4. The Morgan fingerprint density at radius 2 is 2.07 bits per heavy atom. The third-order valence-electron chi connectivity index (χ3n) is 1.96. The number of nitrogens with zero attached hydrogens (tertiary/aromatic N) is 1. The van der Waals surface area contributed by atoms with E-state index in [0.717, 1.165) is 11.4 Å². The standard InChI is InChI=1S/C11H14NO2/c1-9(8-12-13)7-10-3-5-11(14-2)6-4-10/h3-7,9H,8H2,1-2H3/q+1. The van der Waals surface area contributed by atoms with Crippen LogP contribution in [0.4, 0.5) is 0 Å². The first-order chi connectivity index (χ1) is 6.76. The van der Waals surface area contributed by atoms with Crippen molar-refractivity contribution in [1.82, 2.24) is 0 Å². The zero-order valence-electron chi connectivity index (χ0n) is 8.43. The molecule has 1 atom stereocenters. The van der Waals surface area contributed by atoms with E-state index >= 15 is 0 Å². The van der Waals surface area contributed by atoms with Gasteiger partial charge in [-0.1, -0.05) is 18.2 Å². The Kier molecular flexibility index (Phi) is 3.98. The van der Waals surface area contributed by atoms with Gasteiger partial charge in [0.15, 0.2) is 0 Å². The van der Waals surface area contributed by atoms with Crippen LogP contribution in [0.1, 0.15) is 6.92 Å². The molecule has 0 radical (unpaired) electrons. The summed E-state index contributed by atoms with van der Waals surface area (Å²) in [5.41, 5.74) is 1.09. The fourth-order valence-corrected chi connectivity index (χ4v) is 1.21. The molecule has 3 nitrogen and oxygen atoms in total. The predicted octanol–water partition coefficient (Wildman–Crippen LogP) is 2.18. The average Bonchev–Trinajstić information content (AvgIpc) is 2.19. The molecule has 0 aromatic heterocycles. The molecule has 0 aliphatic heterocycles. The van der Waals surface area contributed by atoms with E-state index in [9.17, 15) is 4.91 Å². The third kappa shape index (κ3) is 3.09. The summed E-state index contributed by atoms with van der Waals surface area (Å²) < 4.78 is 5.04. The van der Waals surface area contributed by atoms with Crippen molar-refractivity contribution in [2.75, 3.05) is 13.7 Å². The van der Waals surface area contributed by atoms with Crippen LogP contribution in [0.15, 0.2) is 41.1 Å². The molecule has 0 heterocycles. The molecule has 0 aromatic carbocycles. The molecule has 1 unspecified atom stereocenters. The van der Waals surface area contributed by atoms with Gasteiger partial charge in [0, 0.05) is 12.2 Å². The van der Waals surface area contributed by atoms with Crippen molar-refractivity contribution in [1.29, 1.82) is 0 Å². The third-order valence-corrected chi connectivity index (χ3v) is 1.96. The topological polar surface area (TPSA) is 40.7 Å². The predicted molar refractivity (Wildman–Crippen MR) is 57.1 cm³/mol. The first-order valence-corrected chi connectivity index (χ1v) is 4.54. The van der Waals surface area contributed by atoms with Crippen molar-refractivity contribution in [2.24, 2.45) is 11.1 Å². The first-order valence-electron chi connectivity index (χ1n) is 4.54. The summed E-state index contributed by atoms with van der Waals surface area (Å²) in [7, 11) is 1.64. The molecule has 14 heavy (non-hydrogen) atoms. The maximum absolute atomic E-state index is 10.0. The minimum Gasteiger partial charge on any atom is -0.258 e. The molecule has 0 saturated heterocycles. The van der Waals surface area contributed by atoms with Crippen molar-refractivity contribution in [2.45, 2.75) is 6.92 Å². The quantitative estimate of drug-likeness (QED) is 0.499. The van der Waals surface area contributed by atoms with E-state index in [1.54, 1.807) is 7.11 Å². The maximum atomic E-state index is 10.0. The molecule has 3 heteroatoms. The number of carbonyl (C=O) groups excluding carboxylic acids is 1. The molecule has 0 aromatic rings. The lowest BCUT2D eigenvalue weighted by atomic mass is 10.0. The van der Waals surface area contributed by atoms with Crippen molar-refractivity contribution in [3.63, 3.8) is 0 Å². The maximum Gasteiger partial charge on any atom is 0.343 e. The van der Waals surface area contributed by atoms with Crippen molar-refractivity contribution in [3.05, 3.63) is 40.9 Å². The highest BCUT2D eigenvalue weighted by molar-refractivity contribution is 6.01. The van der Waals surface area contributed by atoms with Crippen LogP contribution in [-0.2, 0) is 4.42 Å². The van der Waals surface area contributed by atoms with E-state index in [4.69, 9.17) is 4.42 Å². The second kappa shape index (κ2) is 5.27. The second-order valence-corrected chi connectivity index (χ2v) is 3.23. The van der Waals surface area contributed by atoms with Crippen LogP contribution in [0.5, 0.6) is 0 Å². The van der Waals surface area contributed by atoms with Gasteiger partial charge in [-0.3, -0.25) is 4.42 Å². The van der Waals surface area contributed by atoms with E-state index in [1.165, 1.54) is 0 Å². The minimum atomic E-state index is 0.181. The summed E-state index contributed by atoms with van der Waals surface area (Å²) in [6.45, 7) is 2.29. The van der Waals surface area contributed by atoms with Crippen molar-refractivity contribution in [3.8, 4) is 0 Å². The lowest BCUT2D eigenvalue weighted by Gasteiger charge is -2.02. The van der Waals surface area contributed by atoms with Crippen LogP contribution < -0.4 is 0 Å². The molecule has 0 amide bonds. The molecular weight excluding hydrogens is 178 g/mol. The highest BCUT2D eigenvalue weighted by atomic mass is 16.4. The van der Waals surface area contributed by atoms with Gasteiger partial charge in [-0.2, -0.15) is 4.91 Å². The van der Waals surface area contributed by atoms with E-state index < -0.39 is 0 Å². The number of hydrogen-bond donors (Lipinski definition) is 0. The van der Waals surface area contributed by atoms with Gasteiger partial charge >= 0.3 is 5.78 Å². The number of rotatable bonds is 3. The highest BCUT2D eigenvalue weighted by Gasteiger charge is 2.06. The number of allylic oxidation sites excluding steroid dienone is 5. The van der Waals surface area contributed by atoms with Gasteiger partial charge in [-0.25, -0.2) is 0 Å². The van der Waals surface area contributed by atoms with Crippen LogP contribution in [0.2, 0.25) is 0 Å². The molecule has 0 N–H and O–H groups in total. The Balaban J connectivity index is 2.65. The number of nitroso groups, excluding NO2 is 1. The molecule has 1 rings (SSSR count). The highest BCUT2D eigenvalue weighted by Crippen LogP contribution is 2.10. The van der Waals surface area contributed by atoms with E-state index in [-0.39, 0.29) is 5.92 Å². The average molecular weight is 192 g/mol. The van der Waals surface area contributed by atoms with E-state index in [0.29, 0.717) is 6.54 Å². The fourth-order valence-electron chi connectivity index (χ4n) is 1.21. The second-order valence-electron chi connectivity index (χ2n) is 3.23. The van der Waals surface area contributed by atoms with E-state index in [2.05, 4.69) is 5.18 Å². The zero-order valence-corrected chi connectivity index (χ0v) is 8.43. The summed E-state index contributed by atoms with van der Waals surface area (Å²) in [6.07, 6.45) is 9.72. The summed E-state index contributed by atoms with van der Waals surface area (Å²) in [5.74, 6) is 1.02. The fraction of sp³-hybridized carbons (Fsp3) is 0.364. The largest absolute Gasteiger partial charge is 0.343 e. The van der Waals surface area contributed by atoms with Gasteiger partial charge in [0.05, 0.1) is 6.54 Å². The Morgan fingerprint density at radius 1 is 1.43 bits per heavy atom.